The molecule has 1 heterocycles. The highest BCUT2D eigenvalue weighted by atomic mass is 32.1. The minimum absolute atomic E-state index is 0.216. The average Bonchev–Trinajstić information content (AvgIpc) is 3.19. The van der Waals surface area contributed by atoms with E-state index in [2.05, 4.69) is 29.0 Å². The Morgan fingerprint density at radius 1 is 0.971 bits per heavy atom. The molecule has 0 saturated carbocycles. The topological polar surface area (TPSA) is 74.4 Å². The first-order valence-corrected chi connectivity index (χ1v) is 12.2. The van der Waals surface area contributed by atoms with E-state index in [1.807, 2.05) is 36.5 Å². The summed E-state index contributed by atoms with van der Waals surface area (Å²) in [5.74, 6) is 1.92. The Kier molecular flexibility index (Phi) is 7.60. The Labute approximate surface area is 203 Å². The van der Waals surface area contributed by atoms with Gasteiger partial charge in [-0.05, 0) is 85.0 Å². The Morgan fingerprint density at radius 2 is 1.71 bits per heavy atom. The van der Waals surface area contributed by atoms with Crippen molar-refractivity contribution < 1.29 is 14.9 Å². The number of hydrogen-bond acceptors (Lipinski definition) is 6. The average molecular weight is 473 g/mol. The number of phenolic OH excluding ortho intramolecular Hbond substituents is 2. The number of phenols is 2. The van der Waals surface area contributed by atoms with Gasteiger partial charge in [-0.1, -0.05) is 19.1 Å². The van der Waals surface area contributed by atoms with Crippen LogP contribution >= 0.6 is 11.3 Å². The lowest BCUT2D eigenvalue weighted by Crippen LogP contribution is -2.03. The Balaban J connectivity index is 1.55. The second-order valence-electron chi connectivity index (χ2n) is 7.98. The molecule has 0 aliphatic heterocycles. The number of aromatic hydroxyl groups is 2. The van der Waals surface area contributed by atoms with E-state index in [4.69, 9.17) is 4.74 Å². The maximum atomic E-state index is 9.94. The molecule has 0 unspecified atom stereocenters. The van der Waals surface area contributed by atoms with E-state index < -0.39 is 0 Å². The molecule has 0 atom stereocenters. The quantitative estimate of drug-likeness (QED) is 0.252. The van der Waals surface area contributed by atoms with Gasteiger partial charge in [0.25, 0.3) is 0 Å². The first-order valence-electron chi connectivity index (χ1n) is 11.3. The minimum atomic E-state index is 0.216. The predicted molar refractivity (Wildman–Crippen MR) is 142 cm³/mol. The van der Waals surface area contributed by atoms with Crippen LogP contribution in [0.1, 0.15) is 25.3 Å². The number of aliphatic imine (C=N–C) groups is 2. The minimum Gasteiger partial charge on any atom is -0.508 e. The second-order valence-corrected chi connectivity index (χ2v) is 9.04. The highest BCUT2D eigenvalue weighted by Gasteiger charge is 2.17. The number of aryl methyl sites for hydroxylation is 1. The fourth-order valence-electron chi connectivity index (χ4n) is 3.61. The van der Waals surface area contributed by atoms with E-state index in [0.29, 0.717) is 0 Å². The molecular weight excluding hydrogens is 444 g/mol. The Morgan fingerprint density at radius 3 is 2.41 bits per heavy atom. The summed E-state index contributed by atoms with van der Waals surface area (Å²) in [7, 11) is 1.81. The van der Waals surface area contributed by atoms with E-state index in [1.165, 1.54) is 5.56 Å². The third-order valence-electron chi connectivity index (χ3n) is 5.45. The molecule has 0 aliphatic carbocycles. The van der Waals surface area contributed by atoms with E-state index >= 15 is 0 Å². The van der Waals surface area contributed by atoms with Crippen LogP contribution in [-0.4, -0.2) is 35.7 Å². The molecular formula is C28H28N2O3S. The molecule has 1 aromatic heterocycles. The van der Waals surface area contributed by atoms with Gasteiger partial charge in [0.15, 0.2) is 5.75 Å². The van der Waals surface area contributed by atoms with Gasteiger partial charge < -0.3 is 14.9 Å². The zero-order valence-electron chi connectivity index (χ0n) is 19.4. The Hall–Kier alpha value is -3.64. The molecule has 34 heavy (non-hydrogen) atoms. The van der Waals surface area contributed by atoms with Crippen molar-refractivity contribution in [1.82, 2.24) is 0 Å². The number of ether oxygens (including phenoxy) is 1. The predicted octanol–water partition coefficient (Wildman–Crippen LogP) is 7.26. The van der Waals surface area contributed by atoms with Gasteiger partial charge in [-0.3, -0.25) is 9.98 Å². The summed E-state index contributed by atoms with van der Waals surface area (Å²) >= 11 is 1.55. The summed E-state index contributed by atoms with van der Waals surface area (Å²) in [6.07, 6.45) is 4.63. The van der Waals surface area contributed by atoms with Crippen LogP contribution < -0.4 is 4.74 Å². The van der Waals surface area contributed by atoms with Crippen LogP contribution in [0, 0.1) is 0 Å². The SMILES string of the molecule is CCCN=CC(CCc1ccc(Oc2c(-c3ccc(O)cc3)sc3cc(O)ccc23)cc1)=NC. The number of nitrogens with zero attached hydrogens (tertiary/aromatic N) is 2. The maximum absolute atomic E-state index is 9.94. The van der Waals surface area contributed by atoms with Crippen molar-refractivity contribution >= 4 is 33.3 Å². The summed E-state index contributed by atoms with van der Waals surface area (Å²) in [4.78, 5) is 9.67. The van der Waals surface area contributed by atoms with Gasteiger partial charge in [-0.25, -0.2) is 0 Å². The largest absolute Gasteiger partial charge is 0.508 e. The van der Waals surface area contributed by atoms with Gasteiger partial charge >= 0.3 is 0 Å². The smallest absolute Gasteiger partial charge is 0.153 e. The molecule has 0 spiro atoms. The van der Waals surface area contributed by atoms with E-state index in [1.54, 1.807) is 42.6 Å². The molecule has 174 valence electrons. The van der Waals surface area contributed by atoms with Gasteiger partial charge in [0.1, 0.15) is 17.2 Å². The highest BCUT2D eigenvalue weighted by molar-refractivity contribution is 7.22. The third-order valence-corrected chi connectivity index (χ3v) is 6.63. The lowest BCUT2D eigenvalue weighted by Gasteiger charge is -2.09. The zero-order valence-corrected chi connectivity index (χ0v) is 20.2. The molecule has 0 amide bonds. The zero-order chi connectivity index (χ0) is 23.9. The van der Waals surface area contributed by atoms with Crippen molar-refractivity contribution in [3.05, 3.63) is 72.3 Å². The molecule has 6 heteroatoms. The van der Waals surface area contributed by atoms with Crippen molar-refractivity contribution in [2.75, 3.05) is 13.6 Å². The standard InChI is InChI=1S/C28H28N2O3S/c1-3-16-30-18-21(29-2)9-4-19-5-13-24(14-6-19)33-27-25-15-12-23(32)17-26(25)34-28(27)20-7-10-22(31)11-8-20/h5-8,10-15,17-18,31-32H,3-4,9,16H2,1-2H3. The van der Waals surface area contributed by atoms with Crippen molar-refractivity contribution in [3.8, 4) is 33.4 Å². The molecule has 0 aliphatic rings. The van der Waals surface area contributed by atoms with Gasteiger partial charge in [0, 0.05) is 29.9 Å². The van der Waals surface area contributed by atoms with Gasteiger partial charge in [-0.15, -0.1) is 11.3 Å². The summed E-state index contributed by atoms with van der Waals surface area (Å²) < 4.78 is 7.31. The fraction of sp³-hybridized carbons (Fsp3) is 0.214. The summed E-state index contributed by atoms with van der Waals surface area (Å²) in [5.41, 5.74) is 3.15. The van der Waals surface area contributed by atoms with E-state index in [-0.39, 0.29) is 11.5 Å². The molecule has 0 bridgehead atoms. The first-order chi connectivity index (χ1) is 16.6. The number of benzene rings is 3. The van der Waals surface area contributed by atoms with Crippen molar-refractivity contribution in [2.45, 2.75) is 26.2 Å². The first kappa shape index (κ1) is 23.5. The number of rotatable bonds is 9. The van der Waals surface area contributed by atoms with Crippen LogP contribution in [0.4, 0.5) is 0 Å². The van der Waals surface area contributed by atoms with Crippen molar-refractivity contribution in [1.29, 1.82) is 0 Å². The van der Waals surface area contributed by atoms with Crippen LogP contribution in [0.25, 0.3) is 20.5 Å². The molecule has 0 radical (unpaired) electrons. The lowest BCUT2D eigenvalue weighted by atomic mass is 10.1. The molecule has 0 fully saturated rings. The van der Waals surface area contributed by atoms with Crippen LogP contribution in [0.3, 0.4) is 0 Å². The van der Waals surface area contributed by atoms with Crippen LogP contribution in [0.2, 0.25) is 0 Å². The fourth-order valence-corrected chi connectivity index (χ4v) is 4.78. The highest BCUT2D eigenvalue weighted by Crippen LogP contribution is 2.47. The number of fused-ring (bicyclic) bond motifs is 1. The molecule has 2 N–H and O–H groups in total. The third kappa shape index (κ3) is 5.64. The van der Waals surface area contributed by atoms with Crippen LogP contribution in [0.15, 0.2) is 76.7 Å². The van der Waals surface area contributed by atoms with Crippen molar-refractivity contribution in [3.63, 3.8) is 0 Å². The van der Waals surface area contributed by atoms with Crippen LogP contribution in [0.5, 0.6) is 23.0 Å². The molecule has 0 saturated heterocycles. The van der Waals surface area contributed by atoms with E-state index in [9.17, 15) is 10.2 Å². The Bertz CT molecular complexity index is 1310. The summed E-state index contributed by atoms with van der Waals surface area (Å²) in [6.45, 7) is 2.94. The normalized spacial score (nSPS) is 12.0. The number of hydrogen-bond donors (Lipinski definition) is 2. The van der Waals surface area contributed by atoms with Crippen molar-refractivity contribution in [2.24, 2.45) is 9.98 Å². The maximum Gasteiger partial charge on any atom is 0.153 e. The van der Waals surface area contributed by atoms with Gasteiger partial charge in [-0.2, -0.15) is 0 Å². The summed E-state index contributed by atoms with van der Waals surface area (Å²) in [5, 5.41) is 20.6. The molecule has 4 rings (SSSR count). The monoisotopic (exact) mass is 472 g/mol. The van der Waals surface area contributed by atoms with Crippen LogP contribution in [-0.2, 0) is 6.42 Å². The molecule has 4 aromatic rings. The molecule has 5 nitrogen and oxygen atoms in total. The second kappa shape index (κ2) is 11.0. The van der Waals surface area contributed by atoms with Gasteiger partial charge in [0.05, 0.1) is 10.6 Å². The van der Waals surface area contributed by atoms with Gasteiger partial charge in [0.2, 0.25) is 0 Å². The molecule has 3 aromatic carbocycles. The summed E-state index contributed by atoms with van der Waals surface area (Å²) in [6, 6.07) is 20.5. The lowest BCUT2D eigenvalue weighted by molar-refractivity contribution is 0.475. The van der Waals surface area contributed by atoms with E-state index in [0.717, 1.165) is 63.5 Å². The number of thiophene rings is 1.